The van der Waals surface area contributed by atoms with Gasteiger partial charge in [0.15, 0.2) is 5.16 Å². The molecule has 8 heteroatoms. The minimum Gasteiger partial charge on any atom is -0.309 e. The lowest BCUT2D eigenvalue weighted by Crippen LogP contribution is -2.44. The molecular formula is C20H21N5O2S. The van der Waals surface area contributed by atoms with Crippen LogP contribution in [-0.2, 0) is 18.3 Å². The number of hydrazine groups is 1. The number of carbonyl (C=O) groups excluding carboxylic acids is 2. The minimum absolute atomic E-state index is 0.318. The Labute approximate surface area is 167 Å². The molecule has 144 valence electrons. The number of nitrogens with zero attached hydrogens (tertiary/aromatic N) is 3. The van der Waals surface area contributed by atoms with E-state index in [1.807, 2.05) is 48.0 Å². The molecule has 0 saturated carbocycles. The number of amides is 2. The van der Waals surface area contributed by atoms with E-state index in [1.54, 1.807) is 31.2 Å². The van der Waals surface area contributed by atoms with Crippen molar-refractivity contribution in [1.29, 1.82) is 0 Å². The van der Waals surface area contributed by atoms with Gasteiger partial charge in [0.25, 0.3) is 11.8 Å². The van der Waals surface area contributed by atoms with Crippen molar-refractivity contribution >= 4 is 23.6 Å². The third-order valence-electron chi connectivity index (χ3n) is 4.12. The molecule has 0 fully saturated rings. The van der Waals surface area contributed by atoms with Crippen LogP contribution in [0.2, 0.25) is 0 Å². The average molecular weight is 395 g/mol. The number of thioether (sulfide) groups is 1. The van der Waals surface area contributed by atoms with Crippen LogP contribution in [0, 0.1) is 0 Å². The van der Waals surface area contributed by atoms with Crippen molar-refractivity contribution in [2.75, 3.05) is 0 Å². The minimum atomic E-state index is -0.455. The molecule has 1 aromatic heterocycles. The van der Waals surface area contributed by atoms with Gasteiger partial charge in [0.1, 0.15) is 5.82 Å². The zero-order chi connectivity index (χ0) is 19.9. The van der Waals surface area contributed by atoms with Crippen LogP contribution in [0.4, 0.5) is 0 Å². The van der Waals surface area contributed by atoms with Gasteiger partial charge in [0.05, 0.1) is 5.25 Å². The van der Waals surface area contributed by atoms with E-state index in [1.165, 1.54) is 11.8 Å². The van der Waals surface area contributed by atoms with Crippen LogP contribution in [-0.4, -0.2) is 31.8 Å². The quantitative estimate of drug-likeness (QED) is 0.494. The summed E-state index contributed by atoms with van der Waals surface area (Å²) in [6, 6.07) is 18.7. The van der Waals surface area contributed by atoms with E-state index in [2.05, 4.69) is 21.0 Å². The average Bonchev–Trinajstić information content (AvgIpc) is 3.06. The molecule has 2 N–H and O–H groups in total. The molecule has 2 amide bonds. The summed E-state index contributed by atoms with van der Waals surface area (Å²) < 4.78 is 1.88. The van der Waals surface area contributed by atoms with Gasteiger partial charge in [-0.1, -0.05) is 60.3 Å². The fourth-order valence-electron chi connectivity index (χ4n) is 2.47. The smallest absolute Gasteiger partial charge is 0.269 e. The van der Waals surface area contributed by atoms with Crippen molar-refractivity contribution in [3.05, 3.63) is 77.6 Å². The SMILES string of the molecule is C[C@@H](Sc1nnc(Cc2ccccc2)n1C)C(=O)NNC(=O)c1ccccc1. The highest BCUT2D eigenvalue weighted by atomic mass is 32.2. The third kappa shape index (κ3) is 4.98. The van der Waals surface area contributed by atoms with Crippen LogP contribution in [0.25, 0.3) is 0 Å². The van der Waals surface area contributed by atoms with E-state index in [4.69, 9.17) is 0 Å². The molecule has 3 rings (SSSR count). The van der Waals surface area contributed by atoms with Crippen molar-refractivity contribution in [2.45, 2.75) is 23.8 Å². The molecule has 0 saturated heterocycles. The fourth-order valence-corrected chi connectivity index (χ4v) is 3.31. The molecule has 0 unspecified atom stereocenters. The molecule has 7 nitrogen and oxygen atoms in total. The van der Waals surface area contributed by atoms with Crippen LogP contribution in [0.1, 0.15) is 28.7 Å². The Kier molecular flexibility index (Phi) is 6.44. The molecule has 0 aliphatic carbocycles. The Morgan fingerprint density at radius 1 is 1.00 bits per heavy atom. The van der Waals surface area contributed by atoms with Gasteiger partial charge in [-0.2, -0.15) is 0 Å². The molecule has 3 aromatic rings. The van der Waals surface area contributed by atoms with Crippen molar-refractivity contribution in [1.82, 2.24) is 25.6 Å². The van der Waals surface area contributed by atoms with Crippen molar-refractivity contribution in [3.8, 4) is 0 Å². The number of nitrogens with one attached hydrogen (secondary N) is 2. The van der Waals surface area contributed by atoms with Gasteiger partial charge < -0.3 is 4.57 Å². The first-order valence-corrected chi connectivity index (χ1v) is 9.66. The second-order valence-electron chi connectivity index (χ2n) is 6.19. The largest absolute Gasteiger partial charge is 0.309 e. The lowest BCUT2D eigenvalue weighted by molar-refractivity contribution is -0.121. The van der Waals surface area contributed by atoms with Gasteiger partial charge in [0, 0.05) is 19.0 Å². The Morgan fingerprint density at radius 2 is 1.64 bits per heavy atom. The van der Waals surface area contributed by atoms with Gasteiger partial charge in [-0.15, -0.1) is 10.2 Å². The summed E-state index contributed by atoms with van der Waals surface area (Å²) in [6.07, 6.45) is 0.665. The first-order valence-electron chi connectivity index (χ1n) is 8.78. The van der Waals surface area contributed by atoms with E-state index in [9.17, 15) is 9.59 Å². The van der Waals surface area contributed by atoms with E-state index >= 15 is 0 Å². The highest BCUT2D eigenvalue weighted by Crippen LogP contribution is 2.22. The van der Waals surface area contributed by atoms with Crippen molar-refractivity contribution in [3.63, 3.8) is 0 Å². The third-order valence-corrected chi connectivity index (χ3v) is 5.25. The van der Waals surface area contributed by atoms with Crippen LogP contribution >= 0.6 is 11.8 Å². The normalized spacial score (nSPS) is 11.6. The maximum absolute atomic E-state index is 12.3. The molecule has 1 heterocycles. The highest BCUT2D eigenvalue weighted by molar-refractivity contribution is 8.00. The molecule has 0 aliphatic rings. The van der Waals surface area contributed by atoms with Crippen molar-refractivity contribution in [2.24, 2.45) is 7.05 Å². The zero-order valence-electron chi connectivity index (χ0n) is 15.6. The standard InChI is InChI=1S/C20H21N5O2S/c1-14(18(26)22-23-19(27)16-11-7-4-8-12-16)28-20-24-21-17(25(20)2)13-15-9-5-3-6-10-15/h3-12,14H,13H2,1-2H3,(H,22,26)(H,23,27)/t14-/m1/s1. The van der Waals surface area contributed by atoms with Crippen LogP contribution in [0.15, 0.2) is 65.8 Å². The van der Waals surface area contributed by atoms with Gasteiger partial charge in [-0.05, 0) is 24.6 Å². The zero-order valence-corrected chi connectivity index (χ0v) is 16.4. The monoisotopic (exact) mass is 395 g/mol. The molecule has 0 aliphatic heterocycles. The lowest BCUT2D eigenvalue weighted by atomic mass is 10.1. The summed E-state index contributed by atoms with van der Waals surface area (Å²) >= 11 is 1.28. The number of rotatable bonds is 6. The van der Waals surface area contributed by atoms with Crippen LogP contribution in [0.3, 0.4) is 0 Å². The number of carbonyl (C=O) groups is 2. The second-order valence-corrected chi connectivity index (χ2v) is 7.50. The van der Waals surface area contributed by atoms with Gasteiger partial charge in [0.2, 0.25) is 0 Å². The van der Waals surface area contributed by atoms with E-state index in [0.717, 1.165) is 11.4 Å². The molecule has 28 heavy (non-hydrogen) atoms. The maximum atomic E-state index is 12.3. The summed E-state index contributed by atoms with van der Waals surface area (Å²) in [7, 11) is 1.88. The van der Waals surface area contributed by atoms with E-state index in [-0.39, 0.29) is 11.8 Å². The summed E-state index contributed by atoms with van der Waals surface area (Å²) in [4.78, 5) is 24.3. The van der Waals surface area contributed by atoms with Crippen molar-refractivity contribution < 1.29 is 9.59 Å². The van der Waals surface area contributed by atoms with Crippen LogP contribution < -0.4 is 10.9 Å². The predicted octanol–water partition coefficient (Wildman–Crippen LogP) is 2.35. The topological polar surface area (TPSA) is 88.9 Å². The number of hydrogen-bond acceptors (Lipinski definition) is 5. The fraction of sp³-hybridized carbons (Fsp3) is 0.200. The molecule has 2 aromatic carbocycles. The predicted molar refractivity (Wildman–Crippen MR) is 108 cm³/mol. The number of benzene rings is 2. The number of aromatic nitrogens is 3. The Morgan fingerprint density at radius 3 is 2.32 bits per heavy atom. The second kappa shape index (κ2) is 9.18. The molecule has 0 bridgehead atoms. The molecule has 0 spiro atoms. The Bertz CT molecular complexity index is 944. The first kappa shape index (κ1) is 19.6. The van der Waals surface area contributed by atoms with E-state index < -0.39 is 5.25 Å². The first-order chi connectivity index (χ1) is 13.5. The van der Waals surface area contributed by atoms with Gasteiger partial charge in [-0.3, -0.25) is 20.4 Å². The lowest BCUT2D eigenvalue weighted by Gasteiger charge is -2.12. The summed E-state index contributed by atoms with van der Waals surface area (Å²) in [6.45, 7) is 1.75. The molecule has 1 atom stereocenters. The Balaban J connectivity index is 1.55. The maximum Gasteiger partial charge on any atom is 0.269 e. The van der Waals surface area contributed by atoms with Crippen LogP contribution in [0.5, 0.6) is 0 Å². The molecule has 0 radical (unpaired) electrons. The van der Waals surface area contributed by atoms with E-state index in [0.29, 0.717) is 17.1 Å². The number of hydrogen-bond donors (Lipinski definition) is 2. The molecular weight excluding hydrogens is 374 g/mol. The van der Waals surface area contributed by atoms with Gasteiger partial charge in [-0.25, -0.2) is 0 Å². The summed E-state index contributed by atoms with van der Waals surface area (Å²) in [5.41, 5.74) is 6.49. The highest BCUT2D eigenvalue weighted by Gasteiger charge is 2.19. The van der Waals surface area contributed by atoms with Gasteiger partial charge >= 0.3 is 0 Å². The summed E-state index contributed by atoms with van der Waals surface area (Å²) in [5.74, 6) is 0.135. The Hall–Kier alpha value is -3.13. The summed E-state index contributed by atoms with van der Waals surface area (Å²) in [5, 5.41) is 8.60.